The Labute approximate surface area is 184 Å². The fourth-order valence-electron chi connectivity index (χ4n) is 3.42. The van der Waals surface area contributed by atoms with Gasteiger partial charge in [0, 0.05) is 30.9 Å². The fraction of sp³-hybridized carbons (Fsp3) is 0.455. The summed E-state index contributed by atoms with van der Waals surface area (Å²) in [6.07, 6.45) is -2.47. The molecule has 1 aliphatic heterocycles. The number of carbonyl (C=O) groups is 1. The number of benzene rings is 1. The maximum Gasteiger partial charge on any atom is 0.417 e. The number of alkyl halides is 3. The number of halogens is 4. The average Bonchev–Trinajstić information content (AvgIpc) is 2.72. The molecule has 9 heteroatoms. The van der Waals surface area contributed by atoms with Gasteiger partial charge in [0.2, 0.25) is 5.91 Å². The molecule has 0 atom stereocenters. The molecule has 168 valence electrons. The molecule has 0 saturated carbocycles. The average molecular weight is 456 g/mol. The fourth-order valence-corrected chi connectivity index (χ4v) is 3.70. The number of aromatic nitrogens is 1. The van der Waals surface area contributed by atoms with E-state index in [1.54, 1.807) is 0 Å². The molecule has 0 radical (unpaired) electrons. The van der Waals surface area contributed by atoms with Gasteiger partial charge in [-0.05, 0) is 50.5 Å². The van der Waals surface area contributed by atoms with Crippen LogP contribution in [0.3, 0.4) is 0 Å². The highest BCUT2D eigenvalue weighted by molar-refractivity contribution is 6.33. The monoisotopic (exact) mass is 455 g/mol. The number of hydrogen-bond acceptors (Lipinski definition) is 4. The Morgan fingerprint density at radius 1 is 1.29 bits per heavy atom. The number of rotatable bonds is 6. The van der Waals surface area contributed by atoms with Crippen LogP contribution in [0.5, 0.6) is 0 Å². The predicted octanol–water partition coefficient (Wildman–Crippen LogP) is 5.53. The van der Waals surface area contributed by atoms with E-state index in [4.69, 9.17) is 16.3 Å². The van der Waals surface area contributed by atoms with E-state index in [1.807, 2.05) is 43.0 Å². The lowest BCUT2D eigenvalue weighted by molar-refractivity contribution is -0.137. The van der Waals surface area contributed by atoms with Crippen molar-refractivity contribution < 1.29 is 22.7 Å². The van der Waals surface area contributed by atoms with Crippen LogP contribution in [-0.4, -0.2) is 30.1 Å². The number of hydrogen-bond donors (Lipinski definition) is 1. The molecule has 1 saturated heterocycles. The molecule has 2 heterocycles. The summed E-state index contributed by atoms with van der Waals surface area (Å²) in [7, 11) is 0. The van der Waals surface area contributed by atoms with Crippen LogP contribution in [0.15, 0.2) is 36.5 Å². The second kappa shape index (κ2) is 9.87. The minimum Gasteiger partial charge on any atom is -0.374 e. The maximum absolute atomic E-state index is 12.8. The van der Waals surface area contributed by atoms with E-state index in [1.165, 1.54) is 0 Å². The number of ether oxygens (including phenoxy) is 1. The third kappa shape index (κ3) is 6.33. The van der Waals surface area contributed by atoms with E-state index >= 15 is 0 Å². The number of nitrogens with one attached hydrogen (secondary N) is 1. The van der Waals surface area contributed by atoms with Gasteiger partial charge in [-0.1, -0.05) is 23.7 Å². The van der Waals surface area contributed by atoms with Gasteiger partial charge in [-0.2, -0.15) is 13.2 Å². The van der Waals surface area contributed by atoms with E-state index in [2.05, 4.69) is 10.3 Å². The van der Waals surface area contributed by atoms with E-state index in [9.17, 15) is 18.0 Å². The number of nitrogens with zero attached hydrogens (tertiary/aromatic N) is 2. The molecule has 1 aliphatic rings. The lowest BCUT2D eigenvalue weighted by atomic mass is 9.95. The van der Waals surface area contributed by atoms with Gasteiger partial charge in [0.1, 0.15) is 5.82 Å². The van der Waals surface area contributed by atoms with Crippen LogP contribution in [0.25, 0.3) is 0 Å². The molecule has 3 rings (SSSR count). The van der Waals surface area contributed by atoms with Crippen LogP contribution in [0.2, 0.25) is 5.02 Å². The van der Waals surface area contributed by atoms with Crippen LogP contribution in [0, 0.1) is 5.92 Å². The molecule has 2 aromatic rings. The van der Waals surface area contributed by atoms with Gasteiger partial charge >= 0.3 is 6.18 Å². The van der Waals surface area contributed by atoms with Crippen molar-refractivity contribution in [3.05, 3.63) is 52.7 Å². The first-order valence-electron chi connectivity index (χ1n) is 10.1. The first kappa shape index (κ1) is 23.3. The van der Waals surface area contributed by atoms with Gasteiger partial charge in [-0.3, -0.25) is 4.79 Å². The molecule has 1 aromatic carbocycles. The quantitative estimate of drug-likeness (QED) is 0.622. The van der Waals surface area contributed by atoms with Gasteiger partial charge in [-0.15, -0.1) is 0 Å². The molecule has 1 N–H and O–H groups in total. The Morgan fingerprint density at radius 2 is 2.00 bits per heavy atom. The number of carbonyl (C=O) groups excluding carboxylic acids is 1. The van der Waals surface area contributed by atoms with E-state index in [-0.39, 0.29) is 23.0 Å². The molecule has 5 nitrogen and oxygen atoms in total. The zero-order valence-corrected chi connectivity index (χ0v) is 18.1. The summed E-state index contributed by atoms with van der Waals surface area (Å²) in [5, 5.41) is 2.91. The molecule has 0 unspecified atom stereocenters. The normalized spacial score (nSPS) is 15.4. The van der Waals surface area contributed by atoms with Crippen LogP contribution in [0.4, 0.5) is 24.7 Å². The highest BCUT2D eigenvalue weighted by atomic mass is 35.5. The number of amides is 1. The summed E-state index contributed by atoms with van der Waals surface area (Å²) < 4.78 is 44.0. The minimum atomic E-state index is -4.49. The second-order valence-corrected chi connectivity index (χ2v) is 8.25. The smallest absolute Gasteiger partial charge is 0.374 e. The number of anilines is 2. The Morgan fingerprint density at radius 3 is 2.61 bits per heavy atom. The lowest BCUT2D eigenvalue weighted by Gasteiger charge is -2.32. The van der Waals surface area contributed by atoms with Crippen molar-refractivity contribution in [1.82, 2.24) is 4.98 Å². The summed E-state index contributed by atoms with van der Waals surface area (Å²) in [6, 6.07) is 8.42. The topological polar surface area (TPSA) is 54.5 Å². The number of piperidine rings is 1. The van der Waals surface area contributed by atoms with Crippen LogP contribution in [0.1, 0.15) is 37.8 Å². The van der Waals surface area contributed by atoms with Crippen molar-refractivity contribution in [2.24, 2.45) is 5.92 Å². The van der Waals surface area contributed by atoms with Crippen molar-refractivity contribution in [1.29, 1.82) is 0 Å². The van der Waals surface area contributed by atoms with Crippen molar-refractivity contribution >= 4 is 29.0 Å². The molecule has 0 bridgehead atoms. The molecule has 31 heavy (non-hydrogen) atoms. The van der Waals surface area contributed by atoms with Crippen LogP contribution < -0.4 is 10.2 Å². The van der Waals surface area contributed by atoms with Crippen molar-refractivity contribution in [3.8, 4) is 0 Å². The maximum atomic E-state index is 12.8. The molecule has 1 amide bonds. The number of pyridine rings is 1. The largest absolute Gasteiger partial charge is 0.417 e. The van der Waals surface area contributed by atoms with Gasteiger partial charge in [0.05, 0.1) is 23.3 Å². The van der Waals surface area contributed by atoms with Gasteiger partial charge < -0.3 is 15.0 Å². The Hall–Kier alpha value is -2.32. The lowest BCUT2D eigenvalue weighted by Crippen LogP contribution is -2.38. The summed E-state index contributed by atoms with van der Waals surface area (Å²) in [5.41, 5.74) is 0.811. The SMILES string of the molecule is CC(C)OCc1cccc(NC(=O)C2CCN(c3ncc(C(F)(F)F)cc3Cl)CC2)c1. The standard InChI is InChI=1S/C22H25ClF3N3O2/c1-14(2)31-13-15-4-3-5-18(10-15)28-21(30)16-6-8-29(9-7-16)20-19(23)11-17(12-27-20)22(24,25)26/h3-5,10-12,14,16H,6-9,13H2,1-2H3,(H,28,30). The Bertz CT molecular complexity index is 913. The third-order valence-electron chi connectivity index (χ3n) is 5.09. The zero-order chi connectivity index (χ0) is 22.6. The molecular weight excluding hydrogens is 431 g/mol. The summed E-state index contributed by atoms with van der Waals surface area (Å²) in [6.45, 7) is 5.37. The molecule has 0 spiro atoms. The summed E-state index contributed by atoms with van der Waals surface area (Å²) >= 11 is 6.04. The Balaban J connectivity index is 1.56. The van der Waals surface area contributed by atoms with E-state index in [0.29, 0.717) is 44.0 Å². The van der Waals surface area contributed by atoms with Gasteiger partial charge in [0.15, 0.2) is 0 Å². The highest BCUT2D eigenvalue weighted by Crippen LogP contribution is 2.34. The predicted molar refractivity (Wildman–Crippen MR) is 114 cm³/mol. The first-order valence-corrected chi connectivity index (χ1v) is 10.5. The van der Waals surface area contributed by atoms with Crippen molar-refractivity contribution in [2.45, 2.75) is 45.6 Å². The molecule has 1 aromatic heterocycles. The second-order valence-electron chi connectivity index (χ2n) is 7.84. The van der Waals surface area contributed by atoms with Crippen LogP contribution in [-0.2, 0) is 22.3 Å². The molecule has 1 fully saturated rings. The summed E-state index contributed by atoms with van der Waals surface area (Å²) in [5.74, 6) is 0.0412. The summed E-state index contributed by atoms with van der Waals surface area (Å²) in [4.78, 5) is 18.4. The van der Waals surface area contributed by atoms with E-state index < -0.39 is 11.7 Å². The molecule has 0 aliphatic carbocycles. The van der Waals surface area contributed by atoms with E-state index in [0.717, 1.165) is 17.8 Å². The first-order chi connectivity index (χ1) is 14.6. The van der Waals surface area contributed by atoms with Gasteiger partial charge in [-0.25, -0.2) is 4.98 Å². The highest BCUT2D eigenvalue weighted by Gasteiger charge is 2.33. The zero-order valence-electron chi connectivity index (χ0n) is 17.4. The Kier molecular flexibility index (Phi) is 7.43. The minimum absolute atomic E-state index is 0.0434. The van der Waals surface area contributed by atoms with Crippen molar-refractivity contribution in [3.63, 3.8) is 0 Å². The van der Waals surface area contributed by atoms with Crippen LogP contribution >= 0.6 is 11.6 Å². The molecular formula is C22H25ClF3N3O2. The third-order valence-corrected chi connectivity index (χ3v) is 5.37. The van der Waals surface area contributed by atoms with Gasteiger partial charge in [0.25, 0.3) is 0 Å². The van der Waals surface area contributed by atoms with Crippen molar-refractivity contribution in [2.75, 3.05) is 23.3 Å².